The molecule has 0 radical (unpaired) electrons. The molecule has 0 fully saturated rings. The monoisotopic (exact) mass is 212 g/mol. The van der Waals surface area contributed by atoms with E-state index in [0.717, 1.165) is 0 Å². The van der Waals surface area contributed by atoms with Crippen molar-refractivity contribution in [1.29, 1.82) is 0 Å². The molecule has 0 aliphatic heterocycles. The number of hydrogen-bond acceptors (Lipinski definition) is 2. The first-order chi connectivity index (χ1) is 5.45. The van der Waals surface area contributed by atoms with E-state index in [1.165, 1.54) is 0 Å². The van der Waals surface area contributed by atoms with Crippen LogP contribution in [-0.2, 0) is 9.13 Å². The summed E-state index contributed by atoms with van der Waals surface area (Å²) in [4.78, 5) is 17.3. The Hall–Kier alpha value is 0.120. The molecule has 70 valence electrons. The van der Waals surface area contributed by atoms with Gasteiger partial charge in [0, 0.05) is 12.8 Å². The fourth-order valence-corrected chi connectivity index (χ4v) is 1.44. The van der Waals surface area contributed by atoms with Gasteiger partial charge in [-0.2, -0.15) is 9.79 Å². The minimum atomic E-state index is -2.14. The molecule has 0 aromatic carbocycles. The number of hydrogen-bond donors (Lipinski definition) is 2. The lowest BCUT2D eigenvalue weighted by Crippen LogP contribution is -2.02. The molecule has 12 heavy (non-hydrogen) atoms. The zero-order valence-corrected chi connectivity index (χ0v) is 8.96. The van der Waals surface area contributed by atoms with Crippen LogP contribution in [0.25, 0.3) is 0 Å². The van der Waals surface area contributed by atoms with E-state index in [1.54, 1.807) is 13.8 Å². The Labute approximate surface area is 73.7 Å². The molecule has 0 saturated heterocycles. The Morgan fingerprint density at radius 3 is 1.42 bits per heavy atom. The van der Waals surface area contributed by atoms with Gasteiger partial charge in [0.2, 0.25) is 0 Å². The largest absolute Gasteiger partial charge is 0.508 e. The highest BCUT2D eigenvalue weighted by molar-refractivity contribution is 7.39. The van der Waals surface area contributed by atoms with Crippen molar-refractivity contribution in [1.82, 2.24) is 0 Å². The van der Waals surface area contributed by atoms with Gasteiger partial charge >= 0.3 is 16.1 Å². The molecule has 6 heteroatoms. The molecule has 0 spiro atoms. The van der Waals surface area contributed by atoms with Crippen LogP contribution in [0.1, 0.15) is 26.7 Å². The van der Waals surface area contributed by atoms with Gasteiger partial charge in [-0.05, 0) is 23.0 Å². The highest BCUT2D eigenvalue weighted by Gasteiger charge is 2.28. The van der Waals surface area contributed by atoms with Crippen LogP contribution in [-0.4, -0.2) is 21.1 Å². The highest BCUT2D eigenvalue weighted by Crippen LogP contribution is 2.31. The van der Waals surface area contributed by atoms with Crippen LogP contribution in [0.3, 0.4) is 0 Å². The van der Waals surface area contributed by atoms with E-state index in [4.69, 9.17) is 9.79 Å². The third-order valence-electron chi connectivity index (χ3n) is 1.76. The van der Waals surface area contributed by atoms with Crippen LogP contribution in [0, 0.1) is 0 Å². The lowest BCUT2D eigenvalue weighted by molar-refractivity contribution is 0.473. The van der Waals surface area contributed by atoms with Gasteiger partial charge < -0.3 is 0 Å². The lowest BCUT2D eigenvalue weighted by Gasteiger charge is -1.96. The van der Waals surface area contributed by atoms with Crippen molar-refractivity contribution < 1.29 is 18.9 Å². The van der Waals surface area contributed by atoms with Gasteiger partial charge in [-0.1, -0.05) is 0 Å². The first-order valence-corrected chi connectivity index (χ1v) is 6.32. The lowest BCUT2D eigenvalue weighted by atomic mass is 10.2. The molecule has 4 unspecified atom stereocenters. The van der Waals surface area contributed by atoms with E-state index in [1.807, 2.05) is 0 Å². The molecular weight excluding hydrogens is 198 g/mol. The molecule has 0 bridgehead atoms. The van der Waals surface area contributed by atoms with Crippen LogP contribution < -0.4 is 0 Å². The topological polar surface area (TPSA) is 74.6 Å². The summed E-state index contributed by atoms with van der Waals surface area (Å²) >= 11 is 0. The van der Waals surface area contributed by atoms with Crippen LogP contribution in [0.4, 0.5) is 0 Å². The third-order valence-corrected chi connectivity index (χ3v) is 3.78. The second-order valence-electron chi connectivity index (χ2n) is 2.88. The maximum absolute atomic E-state index is 10.5. The van der Waals surface area contributed by atoms with Crippen molar-refractivity contribution in [3.8, 4) is 0 Å². The van der Waals surface area contributed by atoms with E-state index in [0.29, 0.717) is 12.8 Å². The summed E-state index contributed by atoms with van der Waals surface area (Å²) < 4.78 is 21.0. The SMILES string of the molecule is CC(CCC(C)[P+](=O)O)[P+](=O)O. The summed E-state index contributed by atoms with van der Waals surface area (Å²) in [6.45, 7) is 3.33. The summed E-state index contributed by atoms with van der Waals surface area (Å²) in [7, 11) is -4.28. The predicted molar refractivity (Wildman–Crippen MR) is 47.8 cm³/mol. The fourth-order valence-electron chi connectivity index (χ4n) is 0.703. The van der Waals surface area contributed by atoms with E-state index in [2.05, 4.69) is 0 Å². The Morgan fingerprint density at radius 1 is 1.00 bits per heavy atom. The Balaban J connectivity index is 3.68. The van der Waals surface area contributed by atoms with Gasteiger partial charge in [-0.3, -0.25) is 0 Å². The summed E-state index contributed by atoms with van der Waals surface area (Å²) in [5, 5.41) is 0. The van der Waals surface area contributed by atoms with Crippen LogP contribution in [0.5, 0.6) is 0 Å². The third kappa shape index (κ3) is 4.89. The smallest absolute Gasteiger partial charge is 0.161 e. The highest BCUT2D eigenvalue weighted by atomic mass is 31.1. The van der Waals surface area contributed by atoms with Crippen molar-refractivity contribution in [3.63, 3.8) is 0 Å². The van der Waals surface area contributed by atoms with Gasteiger partial charge in [0.1, 0.15) is 0 Å². The average molecular weight is 212 g/mol. The molecule has 4 atom stereocenters. The molecule has 4 nitrogen and oxygen atoms in total. The first kappa shape index (κ1) is 12.1. The minimum absolute atomic E-state index is 0.280. The second kappa shape index (κ2) is 5.71. The van der Waals surface area contributed by atoms with Crippen molar-refractivity contribution in [2.24, 2.45) is 0 Å². The van der Waals surface area contributed by atoms with E-state index < -0.39 is 16.1 Å². The summed E-state index contributed by atoms with van der Waals surface area (Å²) in [6.07, 6.45) is 1.04. The summed E-state index contributed by atoms with van der Waals surface area (Å²) in [5.41, 5.74) is -0.560. The van der Waals surface area contributed by atoms with E-state index >= 15 is 0 Å². The van der Waals surface area contributed by atoms with Crippen molar-refractivity contribution in [2.45, 2.75) is 38.0 Å². The molecular formula is C6H14O4P2+2. The van der Waals surface area contributed by atoms with E-state index in [9.17, 15) is 9.13 Å². The average Bonchev–Trinajstić information content (AvgIpc) is 1.98. The van der Waals surface area contributed by atoms with Crippen LogP contribution in [0.15, 0.2) is 0 Å². The Kier molecular flexibility index (Phi) is 5.77. The molecule has 0 heterocycles. The molecule has 2 N–H and O–H groups in total. The molecule has 0 amide bonds. The van der Waals surface area contributed by atoms with Gasteiger partial charge in [-0.15, -0.1) is 0 Å². The van der Waals surface area contributed by atoms with Gasteiger partial charge in [-0.25, -0.2) is 0 Å². The van der Waals surface area contributed by atoms with Crippen molar-refractivity contribution in [3.05, 3.63) is 0 Å². The molecule has 0 rings (SSSR count). The Morgan fingerprint density at radius 2 is 1.25 bits per heavy atom. The normalized spacial score (nSPS) is 18.3. The maximum atomic E-state index is 10.5. The van der Waals surface area contributed by atoms with Gasteiger partial charge in [0.05, 0.1) is 0 Å². The Bertz CT molecular complexity index is 162. The van der Waals surface area contributed by atoms with Crippen molar-refractivity contribution in [2.75, 3.05) is 0 Å². The van der Waals surface area contributed by atoms with Crippen LogP contribution >= 0.6 is 16.1 Å². The number of rotatable bonds is 5. The molecule has 0 aliphatic carbocycles. The summed E-state index contributed by atoms with van der Waals surface area (Å²) in [5.74, 6) is 0. The maximum Gasteiger partial charge on any atom is 0.508 e. The zero-order chi connectivity index (χ0) is 9.72. The van der Waals surface area contributed by atoms with Gasteiger partial charge in [0.15, 0.2) is 11.3 Å². The quantitative estimate of drug-likeness (QED) is 0.683. The fraction of sp³-hybridized carbons (Fsp3) is 1.00. The first-order valence-electron chi connectivity index (χ1n) is 3.75. The molecule has 0 saturated carbocycles. The predicted octanol–water partition coefficient (Wildman–Crippen LogP) is 2.01. The van der Waals surface area contributed by atoms with E-state index in [-0.39, 0.29) is 11.3 Å². The molecule has 0 aliphatic rings. The van der Waals surface area contributed by atoms with Crippen molar-refractivity contribution >= 4 is 16.1 Å². The molecule has 0 aromatic rings. The standard InChI is InChI=1S/C6H12O4P2/c1-5(11(7)8)3-4-6(2)12(9)10/h5-6H,3-4H2,1-2H3/p+2. The van der Waals surface area contributed by atoms with Gasteiger partial charge in [0.25, 0.3) is 0 Å². The van der Waals surface area contributed by atoms with Crippen LogP contribution in [0.2, 0.25) is 0 Å². The summed E-state index contributed by atoms with van der Waals surface area (Å²) in [6, 6.07) is 0. The molecule has 0 aromatic heterocycles. The second-order valence-corrected chi connectivity index (χ2v) is 5.85. The minimum Gasteiger partial charge on any atom is -0.161 e. The zero-order valence-electron chi connectivity index (χ0n) is 7.17.